The number of hydrogen-bond acceptors (Lipinski definition) is 4. The zero-order chi connectivity index (χ0) is 17.7. The molecule has 0 amide bonds. The first-order chi connectivity index (χ1) is 11.2. The number of sulfonamides is 1. The molecular weight excluding hydrogens is 324 g/mol. The van der Waals surface area contributed by atoms with Crippen LogP contribution in [0.15, 0.2) is 54.6 Å². The summed E-state index contributed by atoms with van der Waals surface area (Å²) in [6, 6.07) is 14.2. The summed E-state index contributed by atoms with van der Waals surface area (Å²) in [6.45, 7) is 0. The standard InChI is InChI=1S/C18H20N2O3S/c1-20(2)17-11-4-14(5-12-17)6-13-18(21)15-7-9-16(10-8-15)19-24(3,22)23/h4-13,19H,1-3H3/b13-6+. The van der Waals surface area contributed by atoms with Crippen molar-refractivity contribution < 1.29 is 13.2 Å². The molecule has 0 spiro atoms. The molecule has 0 fully saturated rings. The molecule has 0 aliphatic carbocycles. The van der Waals surface area contributed by atoms with Crippen LogP contribution in [0.1, 0.15) is 15.9 Å². The highest BCUT2D eigenvalue weighted by Gasteiger charge is 2.04. The van der Waals surface area contributed by atoms with Gasteiger partial charge in [0, 0.05) is 31.0 Å². The summed E-state index contributed by atoms with van der Waals surface area (Å²) in [5.74, 6) is -0.141. The SMILES string of the molecule is CN(C)c1ccc(/C=C/C(=O)c2ccc(NS(C)(=O)=O)cc2)cc1. The van der Waals surface area contributed by atoms with Crippen molar-refractivity contribution in [2.45, 2.75) is 0 Å². The van der Waals surface area contributed by atoms with Crippen molar-refractivity contribution in [1.82, 2.24) is 0 Å². The fourth-order valence-electron chi connectivity index (χ4n) is 2.07. The van der Waals surface area contributed by atoms with Gasteiger partial charge >= 0.3 is 0 Å². The summed E-state index contributed by atoms with van der Waals surface area (Å²) in [5, 5.41) is 0. The normalized spacial score (nSPS) is 11.5. The van der Waals surface area contributed by atoms with E-state index in [0.29, 0.717) is 11.3 Å². The van der Waals surface area contributed by atoms with E-state index < -0.39 is 10.0 Å². The smallest absolute Gasteiger partial charge is 0.229 e. The molecule has 5 nitrogen and oxygen atoms in total. The van der Waals surface area contributed by atoms with Gasteiger partial charge in [-0.05, 0) is 48.0 Å². The highest BCUT2D eigenvalue weighted by molar-refractivity contribution is 7.92. The highest BCUT2D eigenvalue weighted by Crippen LogP contribution is 2.15. The van der Waals surface area contributed by atoms with Gasteiger partial charge in [0.05, 0.1) is 6.26 Å². The van der Waals surface area contributed by atoms with Crippen LogP contribution in [0, 0.1) is 0 Å². The number of carbonyl (C=O) groups is 1. The molecule has 0 aromatic heterocycles. The van der Waals surface area contributed by atoms with Gasteiger partial charge in [-0.3, -0.25) is 9.52 Å². The number of carbonyl (C=O) groups excluding carboxylic acids is 1. The van der Waals surface area contributed by atoms with Crippen LogP contribution in [0.2, 0.25) is 0 Å². The molecule has 1 N–H and O–H groups in total. The van der Waals surface area contributed by atoms with Crippen LogP contribution in [0.3, 0.4) is 0 Å². The van der Waals surface area contributed by atoms with Crippen LogP contribution < -0.4 is 9.62 Å². The van der Waals surface area contributed by atoms with Crippen LogP contribution in [-0.2, 0) is 10.0 Å². The quantitative estimate of drug-likeness (QED) is 0.646. The Morgan fingerprint density at radius 3 is 2.08 bits per heavy atom. The van der Waals surface area contributed by atoms with E-state index in [1.807, 2.05) is 43.3 Å². The maximum Gasteiger partial charge on any atom is 0.229 e. The number of ketones is 1. The number of anilines is 2. The second-order valence-electron chi connectivity index (χ2n) is 5.64. The maximum absolute atomic E-state index is 12.2. The lowest BCUT2D eigenvalue weighted by Gasteiger charge is -2.11. The summed E-state index contributed by atoms with van der Waals surface area (Å²) in [5.41, 5.74) is 2.95. The van der Waals surface area contributed by atoms with Crippen LogP contribution in [0.4, 0.5) is 11.4 Å². The predicted octanol–water partition coefficient (Wildman–Crippen LogP) is 3.02. The van der Waals surface area contributed by atoms with Crippen LogP contribution in [0.25, 0.3) is 6.08 Å². The third kappa shape index (κ3) is 5.24. The molecule has 2 aromatic carbocycles. The first-order valence-corrected chi connectivity index (χ1v) is 9.21. The number of hydrogen-bond donors (Lipinski definition) is 1. The molecule has 2 rings (SSSR count). The summed E-state index contributed by atoms with van der Waals surface area (Å²) in [7, 11) is 0.619. The Morgan fingerprint density at radius 1 is 1.00 bits per heavy atom. The Hall–Kier alpha value is -2.60. The van der Waals surface area contributed by atoms with E-state index in [-0.39, 0.29) is 5.78 Å². The van der Waals surface area contributed by atoms with Crippen LogP contribution >= 0.6 is 0 Å². The molecule has 0 heterocycles. The van der Waals surface area contributed by atoms with Gasteiger partial charge < -0.3 is 4.90 Å². The van der Waals surface area contributed by atoms with Gasteiger partial charge in [0.25, 0.3) is 0 Å². The van der Waals surface area contributed by atoms with Crippen molar-refractivity contribution in [2.24, 2.45) is 0 Å². The van der Waals surface area contributed by atoms with Crippen molar-refractivity contribution in [2.75, 3.05) is 30.0 Å². The van der Waals surface area contributed by atoms with Crippen LogP contribution in [-0.4, -0.2) is 34.6 Å². The first-order valence-electron chi connectivity index (χ1n) is 7.32. The third-order valence-electron chi connectivity index (χ3n) is 3.31. The summed E-state index contributed by atoms with van der Waals surface area (Å²) >= 11 is 0. The molecule has 0 atom stereocenters. The summed E-state index contributed by atoms with van der Waals surface area (Å²) in [4.78, 5) is 14.2. The maximum atomic E-state index is 12.2. The molecule has 6 heteroatoms. The van der Waals surface area contributed by atoms with E-state index in [0.717, 1.165) is 17.5 Å². The van der Waals surface area contributed by atoms with Gasteiger partial charge in [0.15, 0.2) is 5.78 Å². The van der Waals surface area contributed by atoms with E-state index in [4.69, 9.17) is 0 Å². The van der Waals surface area contributed by atoms with Gasteiger partial charge in [-0.15, -0.1) is 0 Å². The lowest BCUT2D eigenvalue weighted by molar-refractivity contribution is 0.104. The molecule has 0 saturated heterocycles. The van der Waals surface area contributed by atoms with Gasteiger partial charge in [0.1, 0.15) is 0 Å². The average molecular weight is 344 g/mol. The van der Waals surface area contributed by atoms with E-state index in [2.05, 4.69) is 4.72 Å². The number of nitrogens with zero attached hydrogens (tertiary/aromatic N) is 1. The molecule has 0 unspecified atom stereocenters. The van der Waals surface area contributed by atoms with E-state index >= 15 is 0 Å². The van der Waals surface area contributed by atoms with E-state index in [1.54, 1.807) is 30.3 Å². The minimum Gasteiger partial charge on any atom is -0.378 e. The molecular formula is C18H20N2O3S. The Balaban J connectivity index is 2.06. The minimum absolute atomic E-state index is 0.141. The minimum atomic E-state index is -3.32. The molecule has 0 aliphatic rings. The topological polar surface area (TPSA) is 66.5 Å². The number of rotatable bonds is 6. The zero-order valence-electron chi connectivity index (χ0n) is 13.9. The molecule has 0 bridgehead atoms. The molecule has 2 aromatic rings. The number of benzene rings is 2. The Labute approximate surface area is 142 Å². The van der Waals surface area contributed by atoms with Crippen molar-refractivity contribution in [1.29, 1.82) is 0 Å². The molecule has 126 valence electrons. The average Bonchev–Trinajstić information content (AvgIpc) is 2.52. The van der Waals surface area contributed by atoms with Crippen molar-refractivity contribution in [3.8, 4) is 0 Å². The Kier molecular flexibility index (Phi) is 5.41. The lowest BCUT2D eigenvalue weighted by atomic mass is 10.1. The van der Waals surface area contributed by atoms with Crippen LogP contribution in [0.5, 0.6) is 0 Å². The highest BCUT2D eigenvalue weighted by atomic mass is 32.2. The van der Waals surface area contributed by atoms with E-state index in [1.165, 1.54) is 6.08 Å². The number of allylic oxidation sites excluding steroid dienone is 1. The molecule has 24 heavy (non-hydrogen) atoms. The van der Waals surface area contributed by atoms with Crippen molar-refractivity contribution in [3.05, 3.63) is 65.7 Å². The second-order valence-corrected chi connectivity index (χ2v) is 7.38. The molecule has 0 saturated carbocycles. The largest absolute Gasteiger partial charge is 0.378 e. The summed E-state index contributed by atoms with van der Waals surface area (Å²) in [6.07, 6.45) is 4.34. The van der Waals surface area contributed by atoms with Crippen molar-refractivity contribution >= 4 is 33.3 Å². The van der Waals surface area contributed by atoms with Crippen molar-refractivity contribution in [3.63, 3.8) is 0 Å². The lowest BCUT2D eigenvalue weighted by Crippen LogP contribution is -2.09. The monoisotopic (exact) mass is 344 g/mol. The fourth-order valence-corrected chi connectivity index (χ4v) is 2.63. The van der Waals surface area contributed by atoms with Gasteiger partial charge in [-0.2, -0.15) is 0 Å². The second kappa shape index (κ2) is 7.31. The van der Waals surface area contributed by atoms with E-state index in [9.17, 15) is 13.2 Å². The predicted molar refractivity (Wildman–Crippen MR) is 99.0 cm³/mol. The van der Waals surface area contributed by atoms with Gasteiger partial charge in [-0.25, -0.2) is 8.42 Å². The molecule has 0 radical (unpaired) electrons. The first kappa shape index (κ1) is 17.7. The Morgan fingerprint density at radius 2 is 1.58 bits per heavy atom. The van der Waals surface area contributed by atoms with Gasteiger partial charge in [0.2, 0.25) is 10.0 Å². The summed E-state index contributed by atoms with van der Waals surface area (Å²) < 4.78 is 24.7. The van der Waals surface area contributed by atoms with Gasteiger partial charge in [-0.1, -0.05) is 18.2 Å². The third-order valence-corrected chi connectivity index (χ3v) is 3.92. The fraction of sp³-hybridized carbons (Fsp3) is 0.167. The zero-order valence-corrected chi connectivity index (χ0v) is 14.7. The number of nitrogens with one attached hydrogen (secondary N) is 1. The Bertz CT molecular complexity index is 837. The molecule has 0 aliphatic heterocycles.